The van der Waals surface area contributed by atoms with E-state index in [-0.39, 0.29) is 18.1 Å². The molecule has 6 heteroatoms. The van der Waals surface area contributed by atoms with Crippen LogP contribution in [-0.2, 0) is 12.7 Å². The zero-order valence-electron chi connectivity index (χ0n) is 9.78. The minimum absolute atomic E-state index is 0.0852. The molecule has 2 aromatic rings. The van der Waals surface area contributed by atoms with Gasteiger partial charge < -0.3 is 10.4 Å². The van der Waals surface area contributed by atoms with E-state index in [1.165, 1.54) is 6.07 Å². The summed E-state index contributed by atoms with van der Waals surface area (Å²) >= 11 is 0. The number of benzene rings is 1. The number of anilines is 1. The van der Waals surface area contributed by atoms with Crippen LogP contribution < -0.4 is 5.32 Å². The van der Waals surface area contributed by atoms with Crippen LogP contribution >= 0.6 is 0 Å². The first kappa shape index (κ1) is 13.2. The van der Waals surface area contributed by atoms with Crippen molar-refractivity contribution in [1.29, 1.82) is 0 Å². The molecule has 0 saturated carbocycles. The van der Waals surface area contributed by atoms with Crippen LogP contribution in [-0.4, -0.2) is 10.1 Å². The van der Waals surface area contributed by atoms with Crippen molar-refractivity contribution in [2.45, 2.75) is 12.7 Å². The van der Waals surface area contributed by atoms with Gasteiger partial charge in [-0.15, -0.1) is 0 Å². The Labute approximate surface area is 107 Å². The van der Waals surface area contributed by atoms with Crippen LogP contribution in [0.25, 0.3) is 0 Å². The summed E-state index contributed by atoms with van der Waals surface area (Å²) in [6.07, 6.45) is -3.30. The molecule has 1 heterocycles. The number of pyridine rings is 1. The Kier molecular flexibility index (Phi) is 3.59. The second kappa shape index (κ2) is 5.17. The summed E-state index contributed by atoms with van der Waals surface area (Å²) in [7, 11) is 0. The first-order valence-electron chi connectivity index (χ1n) is 5.51. The van der Waals surface area contributed by atoms with Gasteiger partial charge in [-0.1, -0.05) is 18.2 Å². The quantitative estimate of drug-likeness (QED) is 0.896. The topological polar surface area (TPSA) is 45.1 Å². The van der Waals surface area contributed by atoms with E-state index in [1.807, 2.05) is 0 Å². The number of halogens is 3. The zero-order valence-corrected chi connectivity index (χ0v) is 9.78. The van der Waals surface area contributed by atoms with E-state index in [4.69, 9.17) is 0 Å². The van der Waals surface area contributed by atoms with Gasteiger partial charge >= 0.3 is 6.18 Å². The van der Waals surface area contributed by atoms with Gasteiger partial charge in [0.15, 0.2) is 0 Å². The molecule has 0 aliphatic carbocycles. The van der Waals surface area contributed by atoms with Gasteiger partial charge in [-0.3, -0.25) is 0 Å². The third-order valence-electron chi connectivity index (χ3n) is 2.54. The summed E-state index contributed by atoms with van der Waals surface area (Å²) < 4.78 is 37.5. The van der Waals surface area contributed by atoms with Crippen molar-refractivity contribution >= 4 is 5.82 Å². The third-order valence-corrected chi connectivity index (χ3v) is 2.54. The lowest BCUT2D eigenvalue weighted by Crippen LogP contribution is -2.07. The van der Waals surface area contributed by atoms with Crippen molar-refractivity contribution in [1.82, 2.24) is 4.98 Å². The van der Waals surface area contributed by atoms with Crippen LogP contribution in [0.2, 0.25) is 0 Å². The highest BCUT2D eigenvalue weighted by molar-refractivity contribution is 5.41. The highest BCUT2D eigenvalue weighted by Gasteiger charge is 2.30. The van der Waals surface area contributed by atoms with Crippen LogP contribution in [0, 0.1) is 0 Å². The van der Waals surface area contributed by atoms with Crippen LogP contribution in [0.4, 0.5) is 19.0 Å². The average Bonchev–Trinajstić information content (AvgIpc) is 2.37. The number of alkyl halides is 3. The normalized spacial score (nSPS) is 11.3. The molecule has 0 spiro atoms. The first-order chi connectivity index (χ1) is 8.97. The maximum Gasteiger partial charge on any atom is 0.416 e. The summed E-state index contributed by atoms with van der Waals surface area (Å²) in [4.78, 5) is 3.80. The maximum atomic E-state index is 12.5. The molecule has 2 N–H and O–H groups in total. The van der Waals surface area contributed by atoms with Gasteiger partial charge in [-0.2, -0.15) is 13.2 Å². The molecule has 1 aromatic heterocycles. The molecule has 1 aromatic carbocycles. The molecule has 2 rings (SSSR count). The second-order valence-corrected chi connectivity index (χ2v) is 3.91. The van der Waals surface area contributed by atoms with Gasteiger partial charge in [0.2, 0.25) is 0 Å². The standard InChI is InChI=1S/C13H11F3N2O/c14-13(15,16)10-5-6-17-12(7-10)18-8-9-3-1-2-4-11(9)19/h1-7,19H,8H2,(H,17,18). The molecule has 3 nitrogen and oxygen atoms in total. The van der Waals surface area contributed by atoms with Crippen LogP contribution in [0.15, 0.2) is 42.6 Å². The fourth-order valence-corrected chi connectivity index (χ4v) is 1.55. The molecular weight excluding hydrogens is 257 g/mol. The molecule has 19 heavy (non-hydrogen) atoms. The molecule has 0 amide bonds. The van der Waals surface area contributed by atoms with Crippen molar-refractivity contribution in [3.63, 3.8) is 0 Å². The van der Waals surface area contributed by atoms with Gasteiger partial charge in [0.1, 0.15) is 11.6 Å². The fraction of sp³-hybridized carbons (Fsp3) is 0.154. The Morgan fingerprint density at radius 2 is 1.89 bits per heavy atom. The monoisotopic (exact) mass is 268 g/mol. The lowest BCUT2D eigenvalue weighted by molar-refractivity contribution is -0.137. The van der Waals surface area contributed by atoms with Gasteiger partial charge in [-0.25, -0.2) is 4.98 Å². The number of hydrogen-bond acceptors (Lipinski definition) is 3. The lowest BCUT2D eigenvalue weighted by atomic mass is 10.2. The predicted octanol–water partition coefficient (Wildman–Crippen LogP) is 3.42. The summed E-state index contributed by atoms with van der Waals surface area (Å²) in [5.41, 5.74) is -0.177. The van der Waals surface area contributed by atoms with Crippen molar-refractivity contribution in [3.8, 4) is 5.75 Å². The van der Waals surface area contributed by atoms with Gasteiger partial charge in [0, 0.05) is 18.3 Å². The Morgan fingerprint density at radius 1 is 1.16 bits per heavy atom. The van der Waals surface area contributed by atoms with Gasteiger partial charge in [0.25, 0.3) is 0 Å². The van der Waals surface area contributed by atoms with E-state index in [0.717, 1.165) is 18.3 Å². The summed E-state index contributed by atoms with van der Waals surface area (Å²) in [6, 6.07) is 8.43. The minimum atomic E-state index is -4.39. The predicted molar refractivity (Wildman–Crippen MR) is 64.7 cm³/mol. The molecule has 100 valence electrons. The lowest BCUT2D eigenvalue weighted by Gasteiger charge is -2.10. The number of para-hydroxylation sites is 1. The molecule has 0 aliphatic heterocycles. The molecular formula is C13H11F3N2O. The summed E-state index contributed by atoms with van der Waals surface area (Å²) in [6.45, 7) is 0.195. The first-order valence-corrected chi connectivity index (χ1v) is 5.51. The fourth-order valence-electron chi connectivity index (χ4n) is 1.55. The number of nitrogens with one attached hydrogen (secondary N) is 1. The molecule has 0 saturated heterocycles. The van der Waals surface area contributed by atoms with Crippen LogP contribution in [0.5, 0.6) is 5.75 Å². The molecule has 0 atom stereocenters. The number of phenolic OH excluding ortho intramolecular Hbond substituents is 1. The molecule has 0 bridgehead atoms. The van der Waals surface area contributed by atoms with Crippen molar-refractivity contribution in [2.75, 3.05) is 5.32 Å². The average molecular weight is 268 g/mol. The summed E-state index contributed by atoms with van der Waals surface area (Å²) in [5.74, 6) is 0.194. The van der Waals surface area contributed by atoms with E-state index < -0.39 is 11.7 Å². The number of nitrogens with zero attached hydrogens (tertiary/aromatic N) is 1. The summed E-state index contributed by atoms with van der Waals surface area (Å²) in [5, 5.41) is 12.3. The van der Waals surface area contributed by atoms with Crippen molar-refractivity contribution in [2.24, 2.45) is 0 Å². The highest BCUT2D eigenvalue weighted by atomic mass is 19.4. The number of phenols is 1. The van der Waals surface area contributed by atoms with E-state index in [0.29, 0.717) is 5.56 Å². The third kappa shape index (κ3) is 3.37. The Morgan fingerprint density at radius 3 is 2.58 bits per heavy atom. The van der Waals surface area contributed by atoms with E-state index in [9.17, 15) is 18.3 Å². The molecule has 0 radical (unpaired) electrons. The van der Waals surface area contributed by atoms with E-state index >= 15 is 0 Å². The second-order valence-electron chi connectivity index (χ2n) is 3.91. The number of rotatable bonds is 3. The zero-order chi connectivity index (χ0) is 13.9. The minimum Gasteiger partial charge on any atom is -0.508 e. The largest absolute Gasteiger partial charge is 0.508 e. The maximum absolute atomic E-state index is 12.5. The number of aromatic hydroxyl groups is 1. The number of hydrogen-bond donors (Lipinski definition) is 2. The van der Waals surface area contributed by atoms with E-state index in [1.54, 1.807) is 18.2 Å². The molecule has 0 fully saturated rings. The Hall–Kier alpha value is -2.24. The smallest absolute Gasteiger partial charge is 0.416 e. The SMILES string of the molecule is Oc1ccccc1CNc1cc(C(F)(F)F)ccn1. The molecule has 0 unspecified atom stereocenters. The number of aromatic nitrogens is 1. The van der Waals surface area contributed by atoms with Crippen LogP contribution in [0.3, 0.4) is 0 Å². The van der Waals surface area contributed by atoms with Crippen molar-refractivity contribution in [3.05, 3.63) is 53.7 Å². The van der Waals surface area contributed by atoms with Crippen LogP contribution in [0.1, 0.15) is 11.1 Å². The van der Waals surface area contributed by atoms with Crippen molar-refractivity contribution < 1.29 is 18.3 Å². The van der Waals surface area contributed by atoms with Gasteiger partial charge in [0.05, 0.1) is 5.56 Å². The van der Waals surface area contributed by atoms with E-state index in [2.05, 4.69) is 10.3 Å². The Balaban J connectivity index is 2.10. The Bertz CT molecular complexity index is 570. The molecule has 0 aliphatic rings. The highest BCUT2D eigenvalue weighted by Crippen LogP contribution is 2.30. The van der Waals surface area contributed by atoms with Gasteiger partial charge in [-0.05, 0) is 18.2 Å².